The standard InChI is InChI=1S/C48H40Cl2N6O5/c49-41-25-37-43(35-15-1-2-16-36(35)48(59)60)38-26-42(50)45(58)40(28-56-34(23-31-13-5-9-19-53-31)24-32-14-6-10-20-54-32)47(38)61-46(37)39(44(41)57)27-55-33(21-29-11-3-7-17-51-29)22-30-12-4-8-18-52-30/h1-20,25-26,33-34,55-57H,21-24,27-28H2,(H,59,60). The molecule has 0 unspecified atom stereocenters. The molecule has 5 heterocycles. The predicted octanol–water partition coefficient (Wildman–Crippen LogP) is 8.74. The van der Waals surface area contributed by atoms with Gasteiger partial charge < -0.3 is 25.3 Å². The van der Waals surface area contributed by atoms with Crippen LogP contribution < -0.4 is 16.1 Å². The molecule has 8 rings (SSSR count). The lowest BCUT2D eigenvalue weighted by atomic mass is 9.88. The zero-order chi connectivity index (χ0) is 42.3. The van der Waals surface area contributed by atoms with Crippen LogP contribution in [-0.2, 0) is 38.8 Å². The molecular weight excluding hydrogens is 811 g/mol. The maximum absolute atomic E-state index is 14.2. The van der Waals surface area contributed by atoms with Gasteiger partial charge >= 0.3 is 5.97 Å². The molecule has 1 aliphatic heterocycles. The summed E-state index contributed by atoms with van der Waals surface area (Å²) in [5.74, 6) is -1.20. The number of nitrogens with one attached hydrogen (secondary N) is 2. The fraction of sp³-hybridized carbons (Fsp3) is 0.167. The highest BCUT2D eigenvalue weighted by molar-refractivity contribution is 6.33. The van der Waals surface area contributed by atoms with Gasteiger partial charge in [0.1, 0.15) is 17.1 Å². The summed E-state index contributed by atoms with van der Waals surface area (Å²) in [6, 6.07) is 32.1. The van der Waals surface area contributed by atoms with Crippen molar-refractivity contribution < 1.29 is 19.4 Å². The number of carbonyl (C=O) groups is 1. The Hall–Kier alpha value is -6.50. The van der Waals surface area contributed by atoms with E-state index in [0.717, 1.165) is 22.8 Å². The maximum Gasteiger partial charge on any atom is 0.336 e. The quantitative estimate of drug-likeness (QED) is 0.0688. The third-order valence-corrected chi connectivity index (χ3v) is 11.2. The summed E-state index contributed by atoms with van der Waals surface area (Å²) in [5.41, 5.74) is 4.92. The molecule has 0 radical (unpaired) electrons. The number of halogens is 2. The SMILES string of the molecule is O=C(O)c1ccccc1-c1c2cc(Cl)c(=O)c(CNC(Cc3ccccn3)Cc3ccccn3)c-2oc2c(CNC(Cc3ccccn3)Cc3ccccn3)c(O)c(Cl)cc12. The first-order valence-corrected chi connectivity index (χ1v) is 20.5. The number of rotatable bonds is 16. The van der Waals surface area contributed by atoms with E-state index in [-0.39, 0.29) is 63.4 Å². The van der Waals surface area contributed by atoms with Gasteiger partial charge in [0.05, 0.1) is 26.7 Å². The second-order valence-electron chi connectivity index (χ2n) is 14.7. The molecule has 11 nitrogen and oxygen atoms in total. The Balaban J connectivity index is 1.27. The molecule has 2 aliphatic rings. The van der Waals surface area contributed by atoms with Crippen molar-refractivity contribution in [1.82, 2.24) is 30.6 Å². The van der Waals surface area contributed by atoms with Crippen molar-refractivity contribution in [2.24, 2.45) is 0 Å². The highest BCUT2D eigenvalue weighted by atomic mass is 35.5. The molecule has 0 spiro atoms. The maximum atomic E-state index is 14.2. The van der Waals surface area contributed by atoms with Crippen LogP contribution in [0.2, 0.25) is 10.0 Å². The summed E-state index contributed by atoms with van der Waals surface area (Å²) in [6.45, 7) is 0.0997. The number of aromatic hydroxyl groups is 1. The fourth-order valence-corrected chi connectivity index (χ4v) is 8.15. The van der Waals surface area contributed by atoms with Crippen LogP contribution in [0.25, 0.3) is 33.4 Å². The van der Waals surface area contributed by atoms with E-state index in [9.17, 15) is 19.8 Å². The molecule has 0 atom stereocenters. The highest BCUT2D eigenvalue weighted by Crippen LogP contribution is 2.47. The van der Waals surface area contributed by atoms with Crippen molar-refractivity contribution in [1.29, 1.82) is 0 Å². The lowest BCUT2D eigenvalue weighted by Gasteiger charge is -2.24. The van der Waals surface area contributed by atoms with Crippen LogP contribution in [-0.4, -0.2) is 48.2 Å². The van der Waals surface area contributed by atoms with Gasteiger partial charge in [-0.15, -0.1) is 0 Å². The van der Waals surface area contributed by atoms with Gasteiger partial charge in [-0.1, -0.05) is 65.7 Å². The van der Waals surface area contributed by atoms with Crippen molar-refractivity contribution in [2.45, 2.75) is 50.9 Å². The number of carboxylic acids is 1. The summed E-state index contributed by atoms with van der Waals surface area (Å²) in [5, 5.41) is 29.7. The smallest absolute Gasteiger partial charge is 0.336 e. The average Bonchev–Trinajstić information content (AvgIpc) is 3.27. The topological polar surface area (TPSA) is 163 Å². The number of pyridine rings is 4. The molecule has 4 aromatic heterocycles. The summed E-state index contributed by atoms with van der Waals surface area (Å²) < 4.78 is 6.83. The number of nitrogens with zero attached hydrogens (tertiary/aromatic N) is 4. The summed E-state index contributed by atoms with van der Waals surface area (Å²) in [4.78, 5) is 45.2. The van der Waals surface area contributed by atoms with Gasteiger partial charge in [-0.3, -0.25) is 24.7 Å². The normalized spacial score (nSPS) is 11.5. The van der Waals surface area contributed by atoms with Crippen LogP contribution in [0.15, 0.2) is 143 Å². The van der Waals surface area contributed by atoms with Crippen molar-refractivity contribution in [3.8, 4) is 28.2 Å². The number of phenols is 1. The molecule has 2 aromatic carbocycles. The van der Waals surface area contributed by atoms with E-state index < -0.39 is 11.4 Å². The van der Waals surface area contributed by atoms with Crippen LogP contribution in [0.4, 0.5) is 0 Å². The second kappa shape index (κ2) is 18.8. The number of aromatic carboxylic acids is 1. The minimum Gasteiger partial charge on any atom is -0.506 e. The lowest BCUT2D eigenvalue weighted by molar-refractivity contribution is 0.0697. The van der Waals surface area contributed by atoms with Crippen LogP contribution in [0, 0.1) is 0 Å². The van der Waals surface area contributed by atoms with Crippen LogP contribution in [0.5, 0.6) is 5.75 Å². The molecule has 13 heteroatoms. The number of carboxylic acid groups (broad SMARTS) is 1. The zero-order valence-electron chi connectivity index (χ0n) is 32.8. The molecule has 6 aromatic rings. The van der Waals surface area contributed by atoms with Gasteiger partial charge in [0.25, 0.3) is 0 Å². The van der Waals surface area contributed by atoms with Crippen LogP contribution in [0.3, 0.4) is 0 Å². The first kappa shape index (κ1) is 41.2. The predicted molar refractivity (Wildman–Crippen MR) is 236 cm³/mol. The van der Waals surface area contributed by atoms with E-state index >= 15 is 0 Å². The zero-order valence-corrected chi connectivity index (χ0v) is 34.3. The molecule has 4 N–H and O–H groups in total. The van der Waals surface area contributed by atoms with Gasteiger partial charge in [-0.05, 0) is 72.3 Å². The third-order valence-electron chi connectivity index (χ3n) is 10.6. The van der Waals surface area contributed by atoms with Crippen molar-refractivity contribution in [3.05, 3.63) is 194 Å². The summed E-state index contributed by atoms with van der Waals surface area (Å²) in [6.07, 6.45) is 9.10. The van der Waals surface area contributed by atoms with Gasteiger partial charge in [-0.2, -0.15) is 0 Å². The highest BCUT2D eigenvalue weighted by Gasteiger charge is 2.29. The van der Waals surface area contributed by atoms with Gasteiger partial charge in [0, 0.05) is 115 Å². The first-order valence-electron chi connectivity index (χ1n) is 19.7. The first-order chi connectivity index (χ1) is 29.7. The number of fused-ring (bicyclic) bond motifs is 2. The number of phenolic OH excluding ortho intramolecular Hbond substituents is 1. The van der Waals surface area contributed by atoms with Crippen molar-refractivity contribution >= 4 is 40.1 Å². The molecular formula is C48H40Cl2N6O5. The molecule has 1 aliphatic carbocycles. The molecule has 306 valence electrons. The van der Waals surface area contributed by atoms with E-state index in [1.165, 1.54) is 12.1 Å². The average molecular weight is 852 g/mol. The molecule has 0 saturated carbocycles. The number of aromatic nitrogens is 4. The Labute approximate surface area is 361 Å². The third kappa shape index (κ3) is 9.46. The number of hydrogen-bond donors (Lipinski definition) is 4. The second-order valence-corrected chi connectivity index (χ2v) is 15.5. The van der Waals surface area contributed by atoms with Crippen LogP contribution >= 0.6 is 23.2 Å². The minimum absolute atomic E-state index is 0.0127. The Kier molecular flexibility index (Phi) is 12.7. The molecule has 0 bridgehead atoms. The number of benzene rings is 3. The Bertz CT molecular complexity index is 2730. The summed E-state index contributed by atoms with van der Waals surface area (Å²) in [7, 11) is 0. The van der Waals surface area contributed by atoms with Crippen molar-refractivity contribution in [3.63, 3.8) is 0 Å². The van der Waals surface area contributed by atoms with Gasteiger partial charge in [0.15, 0.2) is 0 Å². The lowest BCUT2D eigenvalue weighted by Crippen LogP contribution is -2.35. The van der Waals surface area contributed by atoms with Crippen LogP contribution in [0.1, 0.15) is 44.3 Å². The van der Waals surface area contributed by atoms with Crippen molar-refractivity contribution in [2.75, 3.05) is 0 Å². The summed E-state index contributed by atoms with van der Waals surface area (Å²) >= 11 is 13.6. The van der Waals surface area contributed by atoms with E-state index in [0.29, 0.717) is 53.3 Å². The Morgan fingerprint density at radius 3 is 1.57 bits per heavy atom. The van der Waals surface area contributed by atoms with E-state index in [1.54, 1.807) is 49.1 Å². The fourth-order valence-electron chi connectivity index (χ4n) is 7.71. The van der Waals surface area contributed by atoms with E-state index in [1.807, 2.05) is 72.8 Å². The largest absolute Gasteiger partial charge is 0.506 e. The minimum atomic E-state index is -1.16. The molecule has 61 heavy (non-hydrogen) atoms. The number of hydrogen-bond acceptors (Lipinski definition) is 10. The van der Waals surface area contributed by atoms with E-state index in [4.69, 9.17) is 27.6 Å². The monoisotopic (exact) mass is 850 g/mol. The Morgan fingerprint density at radius 1 is 0.623 bits per heavy atom. The molecule has 0 saturated heterocycles. The molecule has 0 amide bonds. The Morgan fingerprint density at radius 2 is 1.10 bits per heavy atom. The van der Waals surface area contributed by atoms with E-state index in [2.05, 4.69) is 30.6 Å². The molecule has 0 fully saturated rings. The van der Waals surface area contributed by atoms with Gasteiger partial charge in [-0.25, -0.2) is 4.79 Å². The van der Waals surface area contributed by atoms with Gasteiger partial charge in [0.2, 0.25) is 5.43 Å².